The van der Waals surface area contributed by atoms with Gasteiger partial charge in [-0.2, -0.15) is 5.26 Å². The minimum atomic E-state index is 0.531. The molecule has 5 heteroatoms. The van der Waals surface area contributed by atoms with E-state index >= 15 is 0 Å². The first-order chi connectivity index (χ1) is 16.2. The molecular formula is C28H35N5. The monoisotopic (exact) mass is 441 g/mol. The molecule has 2 aliphatic rings. The molecule has 0 radical (unpaired) electrons. The van der Waals surface area contributed by atoms with Gasteiger partial charge >= 0.3 is 0 Å². The molecule has 0 spiro atoms. The summed E-state index contributed by atoms with van der Waals surface area (Å²) < 4.78 is 2.33. The molecule has 0 N–H and O–H groups in total. The van der Waals surface area contributed by atoms with Crippen LogP contribution in [0, 0.1) is 11.3 Å². The molecule has 2 aromatic heterocycles. The molecule has 3 aromatic rings. The number of nitriles is 1. The second kappa shape index (κ2) is 9.57. The number of benzene rings is 1. The third kappa shape index (κ3) is 4.37. The second-order valence-corrected chi connectivity index (χ2v) is 10.0. The molecule has 0 bridgehead atoms. The largest absolute Gasteiger partial charge is 0.356 e. The summed E-state index contributed by atoms with van der Waals surface area (Å²) in [6, 6.07) is 13.4. The van der Waals surface area contributed by atoms with Crippen LogP contribution in [0.15, 0.2) is 42.7 Å². The molecule has 0 unspecified atom stereocenters. The number of rotatable bonds is 4. The van der Waals surface area contributed by atoms with Crippen LogP contribution in [0.2, 0.25) is 0 Å². The lowest BCUT2D eigenvalue weighted by Gasteiger charge is -2.28. The smallest absolute Gasteiger partial charge is 0.142 e. The van der Waals surface area contributed by atoms with E-state index in [1.807, 2.05) is 18.3 Å². The van der Waals surface area contributed by atoms with E-state index in [1.54, 1.807) is 0 Å². The van der Waals surface area contributed by atoms with Gasteiger partial charge in [0.1, 0.15) is 11.5 Å². The lowest BCUT2D eigenvalue weighted by molar-refractivity contribution is 0.315. The van der Waals surface area contributed by atoms with Gasteiger partial charge in [0.05, 0.1) is 11.6 Å². The molecule has 5 rings (SSSR count). The summed E-state index contributed by atoms with van der Waals surface area (Å²) in [6.45, 7) is 2.10. The van der Waals surface area contributed by atoms with Gasteiger partial charge in [-0.25, -0.2) is 4.98 Å². The van der Waals surface area contributed by atoms with Crippen molar-refractivity contribution in [2.75, 3.05) is 32.1 Å². The number of pyridine rings is 1. The molecule has 1 saturated heterocycles. The molecule has 3 heterocycles. The van der Waals surface area contributed by atoms with Gasteiger partial charge in [0, 0.05) is 37.1 Å². The van der Waals surface area contributed by atoms with E-state index in [2.05, 4.69) is 58.8 Å². The van der Waals surface area contributed by atoms with E-state index in [4.69, 9.17) is 4.98 Å². The Morgan fingerprint density at radius 3 is 2.39 bits per heavy atom. The van der Waals surface area contributed by atoms with Crippen molar-refractivity contribution in [1.29, 1.82) is 5.26 Å². The first kappa shape index (κ1) is 22.0. The van der Waals surface area contributed by atoms with Crippen LogP contribution in [0.25, 0.3) is 16.8 Å². The van der Waals surface area contributed by atoms with Gasteiger partial charge in [-0.05, 0) is 68.6 Å². The van der Waals surface area contributed by atoms with Crippen LogP contribution in [0.4, 0.5) is 5.82 Å². The van der Waals surface area contributed by atoms with Crippen molar-refractivity contribution in [2.24, 2.45) is 0 Å². The van der Waals surface area contributed by atoms with E-state index in [-0.39, 0.29) is 0 Å². The Morgan fingerprint density at radius 1 is 1.00 bits per heavy atom. The predicted octanol–water partition coefficient (Wildman–Crippen LogP) is 5.84. The van der Waals surface area contributed by atoms with Gasteiger partial charge < -0.3 is 9.80 Å². The first-order valence-corrected chi connectivity index (χ1v) is 12.6. The number of aromatic nitrogens is 2. The average molecular weight is 442 g/mol. The average Bonchev–Trinajstić information content (AvgIpc) is 3.49. The van der Waals surface area contributed by atoms with Crippen LogP contribution in [-0.2, 0) is 0 Å². The van der Waals surface area contributed by atoms with Crippen LogP contribution >= 0.6 is 0 Å². The minimum Gasteiger partial charge on any atom is -0.356 e. The van der Waals surface area contributed by atoms with Crippen molar-refractivity contribution in [2.45, 2.75) is 63.3 Å². The fourth-order valence-corrected chi connectivity index (χ4v) is 5.81. The lowest BCUT2D eigenvalue weighted by Crippen LogP contribution is -2.32. The number of likely N-dealkylation sites (N-methyl/N-ethyl adjacent to an activating group) is 1. The van der Waals surface area contributed by atoms with E-state index in [9.17, 15) is 5.26 Å². The van der Waals surface area contributed by atoms with Crippen molar-refractivity contribution in [1.82, 2.24) is 14.3 Å². The Kier molecular flexibility index (Phi) is 6.37. The van der Waals surface area contributed by atoms with Crippen LogP contribution in [0.5, 0.6) is 0 Å². The Balaban J connectivity index is 1.66. The third-order valence-corrected chi connectivity index (χ3v) is 7.75. The maximum atomic E-state index is 9.31. The summed E-state index contributed by atoms with van der Waals surface area (Å²) in [7, 11) is 4.36. The summed E-state index contributed by atoms with van der Waals surface area (Å²) in [5.74, 6) is 1.77. The van der Waals surface area contributed by atoms with Crippen molar-refractivity contribution in [3.05, 3.63) is 53.9 Å². The molecule has 2 fully saturated rings. The molecular weight excluding hydrogens is 406 g/mol. The van der Waals surface area contributed by atoms with Gasteiger partial charge in [-0.15, -0.1) is 0 Å². The second-order valence-electron chi connectivity index (χ2n) is 10.0. The van der Waals surface area contributed by atoms with E-state index in [0.717, 1.165) is 18.7 Å². The number of hydrogen-bond donors (Lipinski definition) is 0. The van der Waals surface area contributed by atoms with Gasteiger partial charge in [0.2, 0.25) is 0 Å². The summed E-state index contributed by atoms with van der Waals surface area (Å²) in [5.41, 5.74) is 5.72. The normalized spacial score (nSPS) is 20.2. The Bertz CT molecular complexity index is 1130. The molecule has 1 aliphatic heterocycles. The maximum absolute atomic E-state index is 9.31. The Morgan fingerprint density at radius 2 is 1.73 bits per heavy atom. The van der Waals surface area contributed by atoms with Crippen molar-refractivity contribution >= 4 is 11.5 Å². The molecule has 1 saturated carbocycles. The Labute approximate surface area is 197 Å². The highest BCUT2D eigenvalue weighted by atomic mass is 15.3. The number of imidazole rings is 1. The number of fused-ring (bicyclic) bond motifs is 1. The van der Waals surface area contributed by atoms with E-state index < -0.39 is 0 Å². The summed E-state index contributed by atoms with van der Waals surface area (Å²) >= 11 is 0. The van der Waals surface area contributed by atoms with Crippen molar-refractivity contribution < 1.29 is 0 Å². The van der Waals surface area contributed by atoms with Crippen LogP contribution in [0.1, 0.15) is 68.4 Å². The fraction of sp³-hybridized carbons (Fsp3) is 0.500. The van der Waals surface area contributed by atoms with E-state index in [0.29, 0.717) is 17.5 Å². The zero-order valence-corrected chi connectivity index (χ0v) is 20.0. The molecule has 5 nitrogen and oxygen atoms in total. The quantitative estimate of drug-likeness (QED) is 0.510. The number of nitrogens with zero attached hydrogens (tertiary/aromatic N) is 5. The zero-order valence-electron chi connectivity index (χ0n) is 20.0. The molecule has 33 heavy (non-hydrogen) atoms. The molecule has 172 valence electrons. The zero-order chi connectivity index (χ0) is 22.8. The van der Waals surface area contributed by atoms with Gasteiger partial charge in [0.15, 0.2) is 0 Å². The number of anilines is 1. The summed E-state index contributed by atoms with van der Waals surface area (Å²) in [4.78, 5) is 9.79. The first-order valence-electron chi connectivity index (χ1n) is 12.6. The van der Waals surface area contributed by atoms with Crippen LogP contribution in [0.3, 0.4) is 0 Å². The minimum absolute atomic E-state index is 0.531. The summed E-state index contributed by atoms with van der Waals surface area (Å²) in [5, 5.41) is 9.31. The highest BCUT2D eigenvalue weighted by molar-refractivity contribution is 5.79. The standard InChI is InChI=1S/C28H35N5/c1-31(2)24-14-16-32(20-24)26-18-25(22-12-10-21(19-29)11-13-22)27(28-30-15-17-33(26)28)23-8-6-4-3-5-7-9-23/h10-13,15,17-18,23-24H,3-9,14,16,20H2,1-2H3/t24-/m1/s1. The third-order valence-electron chi connectivity index (χ3n) is 7.75. The molecule has 1 atom stereocenters. The molecule has 1 aliphatic carbocycles. The van der Waals surface area contributed by atoms with Crippen LogP contribution < -0.4 is 4.90 Å². The molecule has 0 amide bonds. The van der Waals surface area contributed by atoms with Gasteiger partial charge in [-0.1, -0.05) is 44.2 Å². The maximum Gasteiger partial charge on any atom is 0.142 e. The van der Waals surface area contributed by atoms with E-state index in [1.165, 1.54) is 73.9 Å². The van der Waals surface area contributed by atoms with Crippen LogP contribution in [-0.4, -0.2) is 47.5 Å². The summed E-state index contributed by atoms with van der Waals surface area (Å²) in [6.07, 6.45) is 14.4. The molecule has 1 aromatic carbocycles. The Hall–Kier alpha value is -2.84. The fourth-order valence-electron chi connectivity index (χ4n) is 5.81. The topological polar surface area (TPSA) is 47.6 Å². The number of hydrogen-bond acceptors (Lipinski definition) is 4. The predicted molar refractivity (Wildman–Crippen MR) is 135 cm³/mol. The van der Waals surface area contributed by atoms with Crippen molar-refractivity contribution in [3.63, 3.8) is 0 Å². The van der Waals surface area contributed by atoms with Crippen molar-refractivity contribution in [3.8, 4) is 17.2 Å². The SMILES string of the molecule is CN(C)[C@@H]1CCN(c2cc(-c3ccc(C#N)cc3)c(C3CCCCCCC3)c3nccn23)C1. The highest BCUT2D eigenvalue weighted by Crippen LogP contribution is 2.41. The lowest BCUT2D eigenvalue weighted by atomic mass is 9.82. The van der Waals surface area contributed by atoms with Gasteiger partial charge in [0.25, 0.3) is 0 Å². The highest BCUT2D eigenvalue weighted by Gasteiger charge is 2.29. The van der Waals surface area contributed by atoms with Gasteiger partial charge in [-0.3, -0.25) is 4.40 Å².